The molecule has 0 spiro atoms. The van der Waals surface area contributed by atoms with E-state index in [2.05, 4.69) is 9.72 Å². The molecule has 1 aliphatic rings. The number of hydrogen-bond acceptors (Lipinski definition) is 4. The number of nitrogens with zero attached hydrogens (tertiary/aromatic N) is 2. The van der Waals surface area contributed by atoms with E-state index in [1.807, 2.05) is 12.1 Å². The van der Waals surface area contributed by atoms with Gasteiger partial charge < -0.3 is 9.84 Å². The van der Waals surface area contributed by atoms with Crippen LogP contribution in [-0.4, -0.2) is 16.1 Å². The minimum absolute atomic E-state index is 0.315. The second kappa shape index (κ2) is 5.43. The molecule has 8 heteroatoms. The van der Waals surface area contributed by atoms with E-state index in [4.69, 9.17) is 34.8 Å². The zero-order valence-corrected chi connectivity index (χ0v) is 13.1. The minimum atomic E-state index is -1.85. The molecule has 1 aliphatic heterocycles. The lowest BCUT2D eigenvalue weighted by molar-refractivity contribution is -0.719. The molecule has 0 aliphatic carbocycles. The van der Waals surface area contributed by atoms with E-state index >= 15 is 0 Å². The van der Waals surface area contributed by atoms with Gasteiger partial charge >= 0.3 is 16.9 Å². The maximum atomic E-state index is 11.8. The highest BCUT2D eigenvalue weighted by Crippen LogP contribution is 2.38. The van der Waals surface area contributed by atoms with Gasteiger partial charge in [0.15, 0.2) is 10.7 Å². The first-order valence-electron chi connectivity index (χ1n) is 6.07. The van der Waals surface area contributed by atoms with Crippen LogP contribution in [0.1, 0.15) is 0 Å². The van der Waals surface area contributed by atoms with Crippen LogP contribution in [0.2, 0.25) is 5.02 Å². The molecule has 1 aromatic carbocycles. The molecule has 5 nitrogen and oxygen atoms in total. The monoisotopic (exact) mass is 357 g/mol. The fraction of sp³-hybridized carbons (Fsp3) is 0.0714. The Labute approximate surface area is 140 Å². The van der Waals surface area contributed by atoms with Crippen LogP contribution in [0, 0.1) is 0 Å². The summed E-state index contributed by atoms with van der Waals surface area (Å²) >= 11 is 17.9. The molecular weight excluding hydrogens is 351 g/mol. The Kier molecular flexibility index (Phi) is 3.72. The molecule has 0 fully saturated rings. The number of esters is 1. The van der Waals surface area contributed by atoms with Gasteiger partial charge in [-0.05, 0) is 29.2 Å². The van der Waals surface area contributed by atoms with Crippen molar-refractivity contribution in [3.8, 4) is 11.3 Å². The zero-order valence-electron chi connectivity index (χ0n) is 10.8. The van der Waals surface area contributed by atoms with Crippen LogP contribution in [-0.2, 0) is 14.5 Å². The Morgan fingerprint density at radius 1 is 1.18 bits per heavy atom. The number of alkyl halides is 1. The van der Waals surface area contributed by atoms with Crippen LogP contribution < -0.4 is 4.57 Å². The molecule has 2 heterocycles. The largest absolute Gasteiger partial charge is 0.480 e. The van der Waals surface area contributed by atoms with E-state index in [0.717, 1.165) is 5.56 Å². The Morgan fingerprint density at radius 3 is 2.36 bits per heavy atom. The fourth-order valence-electron chi connectivity index (χ4n) is 1.98. The lowest BCUT2D eigenvalue weighted by Crippen LogP contribution is -2.56. The smallest absolute Gasteiger partial charge is 0.385 e. The van der Waals surface area contributed by atoms with E-state index in [0.29, 0.717) is 10.7 Å². The highest BCUT2D eigenvalue weighted by Gasteiger charge is 2.56. The molecule has 1 aromatic heterocycles. The van der Waals surface area contributed by atoms with E-state index in [1.165, 1.54) is 17.1 Å². The first kappa shape index (κ1) is 15.1. The van der Waals surface area contributed by atoms with Gasteiger partial charge in [0.2, 0.25) is 0 Å². The third-order valence-electron chi connectivity index (χ3n) is 3.15. The van der Waals surface area contributed by atoms with E-state index in [1.54, 1.807) is 18.2 Å². The number of benzene rings is 1. The highest BCUT2D eigenvalue weighted by molar-refractivity contribution is 6.44. The van der Waals surface area contributed by atoms with Gasteiger partial charge in [-0.1, -0.05) is 34.8 Å². The van der Waals surface area contributed by atoms with Gasteiger partial charge in [-0.3, -0.25) is 0 Å². The molecule has 1 unspecified atom stereocenters. The summed E-state index contributed by atoms with van der Waals surface area (Å²) in [5, 5.41) is 9.70. The van der Waals surface area contributed by atoms with Gasteiger partial charge in [0.25, 0.3) is 6.33 Å². The molecular formula is C14H8Cl3N2O3+. The van der Waals surface area contributed by atoms with E-state index in [-0.39, 0.29) is 5.03 Å². The van der Waals surface area contributed by atoms with Gasteiger partial charge in [0.05, 0.1) is 6.20 Å². The summed E-state index contributed by atoms with van der Waals surface area (Å²) in [4.78, 5) is 14.2. The molecule has 3 rings (SSSR count). The maximum absolute atomic E-state index is 11.8. The predicted molar refractivity (Wildman–Crippen MR) is 80.3 cm³/mol. The first-order chi connectivity index (χ1) is 10.4. The number of hydrogen-bond donors (Lipinski definition) is 1. The summed E-state index contributed by atoms with van der Waals surface area (Å²) in [5.41, 5.74) is 1.50. The fourth-order valence-corrected chi connectivity index (χ4v) is 2.54. The molecule has 0 amide bonds. The second-order valence-electron chi connectivity index (χ2n) is 4.49. The number of carbonyl (C=O) groups excluding carboxylic acids is 1. The van der Waals surface area contributed by atoms with Gasteiger partial charge in [-0.2, -0.15) is 0 Å². The van der Waals surface area contributed by atoms with Crippen LogP contribution in [0.5, 0.6) is 0 Å². The topological polar surface area (TPSA) is 63.3 Å². The van der Waals surface area contributed by atoms with Gasteiger partial charge in [-0.25, -0.2) is 9.36 Å². The SMILES string of the molecule is O=C1OC(O)=C(Cl)C1(Cl)[n+]1ccc(-c2ccc(Cl)cc2)nc1. The molecule has 2 aromatic rings. The Balaban J connectivity index is 1.98. The third-order valence-corrected chi connectivity index (χ3v) is 4.47. The molecule has 0 bridgehead atoms. The molecule has 112 valence electrons. The Bertz CT molecular complexity index is 775. The van der Waals surface area contributed by atoms with Crippen molar-refractivity contribution in [3.05, 3.63) is 58.9 Å². The summed E-state index contributed by atoms with van der Waals surface area (Å²) in [7, 11) is 0. The standard InChI is InChI=1S/C14H7Cl3N2O3/c15-9-3-1-8(2-4-9)10-5-6-19(7-18-10)14(17)11(16)12(20)22-13(14)21/h1-7H/p+1. The summed E-state index contributed by atoms with van der Waals surface area (Å²) in [5.74, 6) is -1.61. The number of aromatic nitrogens is 2. The maximum Gasteiger partial charge on any atom is 0.385 e. The van der Waals surface area contributed by atoms with Gasteiger partial charge in [-0.15, -0.1) is 0 Å². The van der Waals surface area contributed by atoms with Crippen molar-refractivity contribution < 1.29 is 19.2 Å². The lowest BCUT2D eigenvalue weighted by atomic mass is 10.1. The zero-order chi connectivity index (χ0) is 15.9. The lowest BCUT2D eigenvalue weighted by Gasteiger charge is -2.13. The van der Waals surface area contributed by atoms with Gasteiger partial charge in [0, 0.05) is 16.7 Å². The third kappa shape index (κ3) is 2.31. The van der Waals surface area contributed by atoms with Crippen molar-refractivity contribution in [2.24, 2.45) is 0 Å². The first-order valence-corrected chi connectivity index (χ1v) is 7.20. The van der Waals surface area contributed by atoms with Crippen LogP contribution >= 0.6 is 34.8 Å². The van der Waals surface area contributed by atoms with Crippen molar-refractivity contribution >= 4 is 40.8 Å². The summed E-state index contributed by atoms with van der Waals surface area (Å²) in [6.07, 6.45) is 2.85. The van der Waals surface area contributed by atoms with Crippen LogP contribution in [0.15, 0.2) is 53.8 Å². The Morgan fingerprint density at radius 2 is 1.86 bits per heavy atom. The average molecular weight is 359 g/mol. The van der Waals surface area contributed by atoms with Crippen molar-refractivity contribution in [3.63, 3.8) is 0 Å². The summed E-state index contributed by atoms with van der Waals surface area (Å²) < 4.78 is 5.79. The average Bonchev–Trinajstić information content (AvgIpc) is 2.72. The number of rotatable bonds is 2. The molecule has 22 heavy (non-hydrogen) atoms. The number of carbonyl (C=O) groups is 1. The minimum Gasteiger partial charge on any atom is -0.480 e. The van der Waals surface area contributed by atoms with Crippen molar-refractivity contribution in [1.82, 2.24) is 4.98 Å². The van der Waals surface area contributed by atoms with Crippen LogP contribution in [0.4, 0.5) is 0 Å². The van der Waals surface area contributed by atoms with Crippen molar-refractivity contribution in [1.29, 1.82) is 0 Å². The summed E-state index contributed by atoms with van der Waals surface area (Å²) in [6.45, 7) is 0. The molecule has 0 saturated heterocycles. The number of ether oxygens (including phenoxy) is 1. The molecule has 0 saturated carbocycles. The Hall–Kier alpha value is -1.82. The van der Waals surface area contributed by atoms with Crippen molar-refractivity contribution in [2.45, 2.75) is 5.00 Å². The number of cyclic esters (lactones) is 1. The van der Waals surface area contributed by atoms with E-state index in [9.17, 15) is 9.90 Å². The normalized spacial score (nSPS) is 21.1. The quantitative estimate of drug-likeness (QED) is 0.509. The predicted octanol–water partition coefficient (Wildman–Crippen LogP) is 3.10. The molecule has 1 atom stereocenters. The highest BCUT2D eigenvalue weighted by atomic mass is 35.5. The molecule has 1 N–H and O–H groups in total. The van der Waals surface area contributed by atoms with Gasteiger partial charge in [0.1, 0.15) is 0 Å². The number of aliphatic hydroxyl groups is 1. The second-order valence-corrected chi connectivity index (χ2v) is 5.85. The van der Waals surface area contributed by atoms with Crippen LogP contribution in [0.3, 0.4) is 0 Å². The molecule has 0 radical (unpaired) electrons. The number of aliphatic hydroxyl groups excluding tert-OH is 1. The van der Waals surface area contributed by atoms with Crippen molar-refractivity contribution in [2.75, 3.05) is 0 Å². The van der Waals surface area contributed by atoms with Crippen LogP contribution in [0.25, 0.3) is 11.3 Å². The van der Waals surface area contributed by atoms with E-state index < -0.39 is 16.9 Å². The summed E-state index contributed by atoms with van der Waals surface area (Å²) in [6, 6.07) is 8.77. The number of halogens is 3.